The number of rotatable bonds is 47. The van der Waals surface area contributed by atoms with E-state index in [4.69, 9.17) is 14.0 Å². The molecule has 0 aromatic heterocycles. The zero-order chi connectivity index (χ0) is 43.2. The van der Waals surface area contributed by atoms with Gasteiger partial charge in [-0.25, -0.2) is 4.57 Å². The highest BCUT2D eigenvalue weighted by atomic mass is 31.2. The smallest absolute Gasteiger partial charge is 0.462 e. The second-order valence-electron chi connectivity index (χ2n) is 17.0. The maximum Gasteiger partial charge on any atom is 0.472 e. The average Bonchev–Trinajstić information content (AvgIpc) is 3.23. The van der Waals surface area contributed by atoms with Crippen molar-refractivity contribution in [2.45, 2.75) is 264 Å². The first kappa shape index (κ1) is 57.5. The van der Waals surface area contributed by atoms with Crippen LogP contribution < -0.4 is 0 Å². The third kappa shape index (κ3) is 45.9. The van der Waals surface area contributed by atoms with Crippen LogP contribution in [-0.2, 0) is 32.7 Å². The normalized spacial score (nSPS) is 13.4. The van der Waals surface area contributed by atoms with E-state index >= 15 is 0 Å². The molecule has 0 fully saturated rings. The fourth-order valence-corrected chi connectivity index (χ4v) is 7.80. The van der Waals surface area contributed by atoms with Crippen molar-refractivity contribution >= 4 is 19.8 Å². The Bertz CT molecular complexity index is 1010. The van der Waals surface area contributed by atoms with E-state index in [9.17, 15) is 19.0 Å². The Hall–Kier alpha value is -1.47. The molecule has 0 rings (SSSR count). The van der Waals surface area contributed by atoms with E-state index in [0.717, 1.165) is 52.1 Å². The summed E-state index contributed by atoms with van der Waals surface area (Å²) in [6.07, 6.45) is 53.8. The largest absolute Gasteiger partial charge is 0.472 e. The Morgan fingerprint density at radius 1 is 0.475 bits per heavy atom. The summed E-state index contributed by atoms with van der Waals surface area (Å²) in [7, 11) is -3.20. The van der Waals surface area contributed by atoms with E-state index in [1.54, 1.807) is 0 Å². The lowest BCUT2D eigenvalue weighted by molar-refractivity contribution is -0.161. The van der Waals surface area contributed by atoms with Gasteiger partial charge in [-0.15, -0.1) is 0 Å². The van der Waals surface area contributed by atoms with Gasteiger partial charge < -0.3 is 14.4 Å². The first-order valence-corrected chi connectivity index (χ1v) is 26.5. The average molecular weight is 855 g/mol. The summed E-state index contributed by atoms with van der Waals surface area (Å²) >= 11 is 0. The van der Waals surface area contributed by atoms with E-state index in [1.807, 2.05) is 0 Å². The van der Waals surface area contributed by atoms with Crippen molar-refractivity contribution in [2.24, 2.45) is 0 Å². The van der Waals surface area contributed by atoms with Crippen LogP contribution >= 0.6 is 7.82 Å². The maximum atomic E-state index is 12.6. The molecule has 0 amide bonds. The van der Waals surface area contributed by atoms with Gasteiger partial charge >= 0.3 is 19.8 Å². The van der Waals surface area contributed by atoms with Crippen LogP contribution in [0.25, 0.3) is 0 Å². The van der Waals surface area contributed by atoms with Crippen LogP contribution in [0.15, 0.2) is 24.3 Å². The molecule has 0 saturated carbocycles. The van der Waals surface area contributed by atoms with Gasteiger partial charge in [0.25, 0.3) is 0 Å². The molecule has 0 spiro atoms. The second kappa shape index (κ2) is 46.0. The van der Waals surface area contributed by atoms with Crippen molar-refractivity contribution in [3.8, 4) is 0 Å². The molecular weight excluding hydrogens is 760 g/mol. The Morgan fingerprint density at radius 3 is 1.19 bits per heavy atom. The summed E-state index contributed by atoms with van der Waals surface area (Å²) in [6, 6.07) is 0. The molecular formula is C50H95O8P. The number of phosphoric ester groups is 1. The van der Waals surface area contributed by atoms with Crippen molar-refractivity contribution < 1.29 is 37.6 Å². The molecule has 59 heavy (non-hydrogen) atoms. The van der Waals surface area contributed by atoms with Crippen molar-refractivity contribution in [2.75, 3.05) is 20.3 Å². The summed E-state index contributed by atoms with van der Waals surface area (Å²) in [5.74, 6) is -0.794. The number of unbranched alkanes of at least 4 members (excludes halogenated alkanes) is 32. The van der Waals surface area contributed by atoms with Gasteiger partial charge in [-0.1, -0.05) is 224 Å². The number of carbonyl (C=O) groups excluding carboxylic acids is 2. The zero-order valence-corrected chi connectivity index (χ0v) is 39.8. The number of hydrogen-bond donors (Lipinski definition) is 1. The molecule has 9 heteroatoms. The van der Waals surface area contributed by atoms with Crippen molar-refractivity contribution in [3.05, 3.63) is 24.3 Å². The minimum atomic E-state index is -4.26. The second-order valence-corrected chi connectivity index (χ2v) is 18.5. The van der Waals surface area contributed by atoms with Crippen LogP contribution in [-0.4, -0.2) is 43.3 Å². The van der Waals surface area contributed by atoms with Crippen LogP contribution in [0.5, 0.6) is 0 Å². The van der Waals surface area contributed by atoms with E-state index in [0.29, 0.717) is 12.8 Å². The summed E-state index contributed by atoms with van der Waals surface area (Å²) < 4.78 is 32.1. The molecule has 0 heterocycles. The zero-order valence-electron chi connectivity index (χ0n) is 38.9. The van der Waals surface area contributed by atoms with Crippen LogP contribution in [0.2, 0.25) is 0 Å². The quantitative estimate of drug-likeness (QED) is 0.0279. The highest BCUT2D eigenvalue weighted by molar-refractivity contribution is 7.47. The number of phosphoric acid groups is 1. The molecule has 2 atom stereocenters. The van der Waals surface area contributed by atoms with Gasteiger partial charge in [0.15, 0.2) is 6.10 Å². The van der Waals surface area contributed by atoms with E-state index in [1.165, 1.54) is 180 Å². The highest BCUT2D eigenvalue weighted by Crippen LogP contribution is 2.42. The van der Waals surface area contributed by atoms with E-state index in [-0.39, 0.29) is 19.0 Å². The fourth-order valence-electron chi connectivity index (χ4n) is 7.34. The van der Waals surface area contributed by atoms with Gasteiger partial charge in [0.2, 0.25) is 0 Å². The molecule has 1 N–H and O–H groups in total. The Balaban J connectivity index is 3.89. The lowest BCUT2D eigenvalue weighted by atomic mass is 10.0. The predicted octanol–water partition coefficient (Wildman–Crippen LogP) is 16.2. The van der Waals surface area contributed by atoms with E-state index < -0.39 is 26.5 Å². The van der Waals surface area contributed by atoms with Crippen LogP contribution in [0.3, 0.4) is 0 Å². The molecule has 0 saturated heterocycles. The first-order valence-electron chi connectivity index (χ1n) is 25.0. The number of esters is 2. The minimum absolute atomic E-state index is 0.222. The topological polar surface area (TPSA) is 108 Å². The summed E-state index contributed by atoms with van der Waals surface area (Å²) in [5, 5.41) is 0. The maximum absolute atomic E-state index is 12.6. The van der Waals surface area contributed by atoms with Gasteiger partial charge in [0.05, 0.1) is 6.61 Å². The van der Waals surface area contributed by atoms with Crippen LogP contribution in [0, 0.1) is 0 Å². The standard InChI is InChI=1S/C50H95O8P/c1-4-6-8-10-12-14-16-18-20-22-24-25-27-29-31-33-35-37-39-41-43-45-50(52)58-48(47-57-59(53,54)55-3)46-56-49(51)44-42-40-38-36-34-32-30-28-26-23-21-19-17-15-13-11-9-7-5-2/h16,18,22,24,48H,4-15,17,19-21,23,25-47H2,1-3H3,(H,53,54)/b18-16-,24-22-. The van der Waals surface area contributed by atoms with Gasteiger partial charge in [-0.2, -0.15) is 0 Å². The Kier molecular flexibility index (Phi) is 44.9. The summed E-state index contributed by atoms with van der Waals surface area (Å²) in [6.45, 7) is 3.92. The monoisotopic (exact) mass is 855 g/mol. The van der Waals surface area contributed by atoms with Crippen molar-refractivity contribution in [1.29, 1.82) is 0 Å². The summed E-state index contributed by atoms with van der Waals surface area (Å²) in [5.41, 5.74) is 0. The third-order valence-corrected chi connectivity index (χ3v) is 12.1. The third-order valence-electron chi connectivity index (χ3n) is 11.2. The van der Waals surface area contributed by atoms with Gasteiger partial charge in [0.1, 0.15) is 6.61 Å². The molecule has 0 aliphatic heterocycles. The lowest BCUT2D eigenvalue weighted by Crippen LogP contribution is -2.29. The summed E-state index contributed by atoms with van der Waals surface area (Å²) in [4.78, 5) is 34.6. The Labute approximate surface area is 364 Å². The lowest BCUT2D eigenvalue weighted by Gasteiger charge is -2.19. The van der Waals surface area contributed by atoms with Gasteiger partial charge in [0, 0.05) is 20.0 Å². The molecule has 0 aromatic carbocycles. The van der Waals surface area contributed by atoms with Crippen LogP contribution in [0.4, 0.5) is 0 Å². The number of carbonyl (C=O) groups is 2. The molecule has 0 aliphatic rings. The predicted molar refractivity (Wildman–Crippen MR) is 249 cm³/mol. The molecule has 0 bridgehead atoms. The first-order chi connectivity index (χ1) is 28.8. The molecule has 0 radical (unpaired) electrons. The molecule has 8 nitrogen and oxygen atoms in total. The SMILES string of the molecule is CCCCCCC/C=C\C/C=C\CCCCCCCCCCCC(=O)OC(COC(=O)CCCCCCCCCCCCCCCCCCCCC)COP(=O)(O)OC. The minimum Gasteiger partial charge on any atom is -0.462 e. The number of ether oxygens (including phenoxy) is 2. The molecule has 0 aliphatic carbocycles. The van der Waals surface area contributed by atoms with Gasteiger partial charge in [-0.05, 0) is 44.9 Å². The number of allylic oxidation sites excluding steroid dienone is 4. The highest BCUT2D eigenvalue weighted by Gasteiger charge is 2.24. The molecule has 0 aromatic rings. The van der Waals surface area contributed by atoms with E-state index in [2.05, 4.69) is 42.7 Å². The van der Waals surface area contributed by atoms with Crippen LogP contribution in [0.1, 0.15) is 258 Å². The number of hydrogen-bond acceptors (Lipinski definition) is 7. The molecule has 2 unspecified atom stereocenters. The Morgan fingerprint density at radius 2 is 0.814 bits per heavy atom. The van der Waals surface area contributed by atoms with Gasteiger partial charge in [-0.3, -0.25) is 18.6 Å². The van der Waals surface area contributed by atoms with Crippen molar-refractivity contribution in [3.63, 3.8) is 0 Å². The molecule has 348 valence electrons. The fraction of sp³-hybridized carbons (Fsp3) is 0.880. The van der Waals surface area contributed by atoms with Crippen molar-refractivity contribution in [1.82, 2.24) is 0 Å².